The van der Waals surface area contributed by atoms with Crippen molar-refractivity contribution in [2.45, 2.75) is 109 Å². The van der Waals surface area contributed by atoms with E-state index in [1.807, 2.05) is 20.3 Å². The molecule has 0 radical (unpaired) electrons. The van der Waals surface area contributed by atoms with Crippen LogP contribution >= 0.6 is 0 Å². The van der Waals surface area contributed by atoms with Gasteiger partial charge in [0.25, 0.3) is 0 Å². The molecule has 3 heteroatoms. The normalized spacial score (nSPS) is 12.7. The average Bonchev–Trinajstić information content (AvgIpc) is 2.61. The molecule has 0 bridgehead atoms. The molecule has 0 saturated carbocycles. The van der Waals surface area contributed by atoms with Crippen LogP contribution in [0.2, 0.25) is 5.54 Å². The highest BCUT2D eigenvalue weighted by Gasteiger charge is 2.21. The second-order valence-corrected chi connectivity index (χ2v) is 9.74. The SMILES string of the molecule is C=CCCCCCCCCCCCCCCC(CC)[SiH](OC)OC. The van der Waals surface area contributed by atoms with E-state index in [0.717, 1.165) is 0 Å². The lowest BCUT2D eigenvalue weighted by molar-refractivity contribution is 0.260. The number of unbranched alkanes of at least 4 members (excludes halogenated alkanes) is 12. The summed E-state index contributed by atoms with van der Waals surface area (Å²) in [6.07, 6.45) is 22.6. The van der Waals surface area contributed by atoms with Gasteiger partial charge in [0.1, 0.15) is 0 Å². The van der Waals surface area contributed by atoms with E-state index in [1.54, 1.807) is 0 Å². The van der Waals surface area contributed by atoms with Crippen molar-refractivity contribution < 1.29 is 8.85 Å². The first kappa shape index (κ1) is 23.9. The topological polar surface area (TPSA) is 18.5 Å². The summed E-state index contributed by atoms with van der Waals surface area (Å²) in [6.45, 7) is 6.04. The van der Waals surface area contributed by atoms with Crippen LogP contribution in [0.25, 0.3) is 0 Å². The van der Waals surface area contributed by atoms with E-state index < -0.39 is 9.28 Å². The van der Waals surface area contributed by atoms with E-state index in [-0.39, 0.29) is 0 Å². The van der Waals surface area contributed by atoms with Crippen molar-refractivity contribution in [3.63, 3.8) is 0 Å². The fourth-order valence-corrected chi connectivity index (χ4v) is 5.33. The van der Waals surface area contributed by atoms with Gasteiger partial charge in [-0.25, -0.2) is 0 Å². The molecule has 1 unspecified atom stereocenters. The maximum atomic E-state index is 5.53. The predicted molar refractivity (Wildman–Crippen MR) is 110 cm³/mol. The molecule has 0 aliphatic heterocycles. The maximum Gasteiger partial charge on any atom is 0.324 e. The molecule has 0 aromatic carbocycles. The van der Waals surface area contributed by atoms with Crippen molar-refractivity contribution in [2.24, 2.45) is 0 Å². The number of hydrogen-bond donors (Lipinski definition) is 0. The van der Waals surface area contributed by atoms with Crippen molar-refractivity contribution >= 4 is 9.28 Å². The average molecular weight is 357 g/mol. The quantitative estimate of drug-likeness (QED) is 0.142. The van der Waals surface area contributed by atoms with Gasteiger partial charge in [-0.1, -0.05) is 90.0 Å². The summed E-state index contributed by atoms with van der Waals surface area (Å²) in [5.41, 5.74) is 0.687. The molecule has 1 atom stereocenters. The Morgan fingerprint density at radius 1 is 0.750 bits per heavy atom. The molecule has 0 heterocycles. The van der Waals surface area contributed by atoms with Crippen molar-refractivity contribution in [3.8, 4) is 0 Å². The van der Waals surface area contributed by atoms with Gasteiger partial charge >= 0.3 is 9.28 Å². The van der Waals surface area contributed by atoms with Gasteiger partial charge in [0.15, 0.2) is 0 Å². The minimum atomic E-state index is -1.40. The lowest BCUT2D eigenvalue weighted by Crippen LogP contribution is -2.25. The van der Waals surface area contributed by atoms with Crippen molar-refractivity contribution in [1.29, 1.82) is 0 Å². The molecule has 0 amide bonds. The Labute approximate surface area is 154 Å². The van der Waals surface area contributed by atoms with Gasteiger partial charge in [0.05, 0.1) is 0 Å². The van der Waals surface area contributed by atoms with Crippen LogP contribution in [-0.2, 0) is 8.85 Å². The van der Waals surface area contributed by atoms with E-state index in [0.29, 0.717) is 5.54 Å². The molecule has 0 aromatic heterocycles. The first-order chi connectivity index (χ1) is 11.8. The molecule has 24 heavy (non-hydrogen) atoms. The van der Waals surface area contributed by atoms with Crippen LogP contribution < -0.4 is 0 Å². The van der Waals surface area contributed by atoms with Crippen LogP contribution in [0.15, 0.2) is 12.7 Å². The zero-order chi connectivity index (χ0) is 17.9. The summed E-state index contributed by atoms with van der Waals surface area (Å²) < 4.78 is 11.1. The van der Waals surface area contributed by atoms with Crippen LogP contribution in [0.5, 0.6) is 0 Å². The molecule has 0 spiro atoms. The maximum absolute atomic E-state index is 5.53. The molecular formula is C21H44O2Si. The van der Waals surface area contributed by atoms with Crippen LogP contribution in [0.1, 0.15) is 103 Å². The predicted octanol–water partition coefficient (Wildman–Crippen LogP) is 6.93. The van der Waals surface area contributed by atoms with Crippen LogP contribution in [-0.4, -0.2) is 23.5 Å². The van der Waals surface area contributed by atoms with E-state index in [9.17, 15) is 0 Å². The monoisotopic (exact) mass is 356 g/mol. The van der Waals surface area contributed by atoms with E-state index in [4.69, 9.17) is 8.85 Å². The van der Waals surface area contributed by atoms with Crippen molar-refractivity contribution in [3.05, 3.63) is 12.7 Å². The van der Waals surface area contributed by atoms with Crippen LogP contribution in [0.3, 0.4) is 0 Å². The summed E-state index contributed by atoms with van der Waals surface area (Å²) in [5.74, 6) is 0. The third-order valence-corrected chi connectivity index (χ3v) is 7.61. The summed E-state index contributed by atoms with van der Waals surface area (Å²) in [6, 6.07) is 0. The van der Waals surface area contributed by atoms with Gasteiger partial charge in [-0.2, -0.15) is 0 Å². The van der Waals surface area contributed by atoms with Gasteiger partial charge in [-0.05, 0) is 24.8 Å². The third-order valence-electron chi connectivity index (χ3n) is 5.11. The second-order valence-electron chi connectivity index (χ2n) is 7.12. The highest BCUT2D eigenvalue weighted by atomic mass is 28.3. The van der Waals surface area contributed by atoms with Gasteiger partial charge in [-0.3, -0.25) is 0 Å². The molecule has 0 fully saturated rings. The molecule has 0 saturated heterocycles. The molecule has 0 rings (SSSR count). The highest BCUT2D eigenvalue weighted by Crippen LogP contribution is 2.24. The Bertz CT molecular complexity index is 254. The minimum Gasteiger partial charge on any atom is -0.400 e. The standard InChI is InChI=1S/C21H44O2Si/c1-5-7-8-9-10-11-12-13-14-15-16-17-18-19-20-21(6-2)24(22-3)23-4/h5,21,24H,1,6-20H2,2-4H3. The molecule has 0 N–H and O–H groups in total. The Morgan fingerprint density at radius 2 is 1.17 bits per heavy atom. The first-order valence-electron chi connectivity index (χ1n) is 10.5. The number of allylic oxidation sites excluding steroid dienone is 1. The summed E-state index contributed by atoms with van der Waals surface area (Å²) in [4.78, 5) is 0. The van der Waals surface area contributed by atoms with Crippen LogP contribution in [0.4, 0.5) is 0 Å². The van der Waals surface area contributed by atoms with E-state index >= 15 is 0 Å². The summed E-state index contributed by atoms with van der Waals surface area (Å²) >= 11 is 0. The Hall–Kier alpha value is -0.123. The summed E-state index contributed by atoms with van der Waals surface area (Å²) in [7, 11) is 2.22. The van der Waals surface area contributed by atoms with Crippen molar-refractivity contribution in [2.75, 3.05) is 14.2 Å². The lowest BCUT2D eigenvalue weighted by Gasteiger charge is -2.21. The molecule has 144 valence electrons. The zero-order valence-corrected chi connectivity index (χ0v) is 18.0. The van der Waals surface area contributed by atoms with E-state index in [2.05, 4.69) is 13.5 Å². The third kappa shape index (κ3) is 14.2. The Morgan fingerprint density at radius 3 is 1.54 bits per heavy atom. The smallest absolute Gasteiger partial charge is 0.324 e. The number of hydrogen-bond acceptors (Lipinski definition) is 2. The molecule has 0 aliphatic carbocycles. The minimum absolute atomic E-state index is 0.687. The molecule has 2 nitrogen and oxygen atoms in total. The first-order valence-corrected chi connectivity index (χ1v) is 12.1. The Kier molecular flexibility index (Phi) is 19.1. The molecule has 0 aromatic rings. The fourth-order valence-electron chi connectivity index (χ4n) is 3.48. The highest BCUT2D eigenvalue weighted by molar-refractivity contribution is 6.46. The van der Waals surface area contributed by atoms with Gasteiger partial charge in [0.2, 0.25) is 0 Å². The van der Waals surface area contributed by atoms with Gasteiger partial charge < -0.3 is 8.85 Å². The van der Waals surface area contributed by atoms with Crippen molar-refractivity contribution in [1.82, 2.24) is 0 Å². The summed E-state index contributed by atoms with van der Waals surface area (Å²) in [5, 5.41) is 0. The van der Waals surface area contributed by atoms with Gasteiger partial charge in [0, 0.05) is 14.2 Å². The second kappa shape index (κ2) is 19.2. The fraction of sp³-hybridized carbons (Fsp3) is 0.905. The van der Waals surface area contributed by atoms with Gasteiger partial charge in [-0.15, -0.1) is 6.58 Å². The largest absolute Gasteiger partial charge is 0.400 e. The zero-order valence-electron chi connectivity index (χ0n) is 16.9. The van der Waals surface area contributed by atoms with Crippen LogP contribution in [0, 0.1) is 0 Å². The molecular weight excluding hydrogens is 312 g/mol. The lowest BCUT2D eigenvalue weighted by atomic mass is 10.0. The number of rotatable bonds is 19. The van der Waals surface area contributed by atoms with E-state index in [1.165, 1.54) is 96.3 Å². The molecule has 0 aliphatic rings. The Balaban J connectivity index is 3.28.